The zero-order valence-electron chi connectivity index (χ0n) is 16.1. The second kappa shape index (κ2) is 8.02. The zero-order valence-corrected chi connectivity index (χ0v) is 16.1. The summed E-state index contributed by atoms with van der Waals surface area (Å²) >= 11 is 0. The summed E-state index contributed by atoms with van der Waals surface area (Å²) < 4.78 is 1.63. The van der Waals surface area contributed by atoms with E-state index in [-0.39, 0.29) is 23.4 Å². The molecule has 0 radical (unpaired) electrons. The summed E-state index contributed by atoms with van der Waals surface area (Å²) in [5, 5.41) is 0.624. The van der Waals surface area contributed by atoms with Gasteiger partial charge in [0.2, 0.25) is 5.91 Å². The fourth-order valence-corrected chi connectivity index (χ4v) is 3.71. The largest absolute Gasteiger partial charge is 0.332 e. The van der Waals surface area contributed by atoms with E-state index in [1.54, 1.807) is 11.6 Å². The number of amides is 1. The van der Waals surface area contributed by atoms with E-state index in [1.165, 1.54) is 0 Å². The maximum absolute atomic E-state index is 13.1. The quantitative estimate of drug-likeness (QED) is 0.759. The van der Waals surface area contributed by atoms with Gasteiger partial charge in [0.05, 0.1) is 16.9 Å². The Morgan fingerprint density at radius 3 is 2.65 bits per heavy atom. The summed E-state index contributed by atoms with van der Waals surface area (Å²) in [6, 6.07) is 7.28. The number of benzene rings is 1. The Morgan fingerprint density at radius 2 is 2.04 bits per heavy atom. The van der Waals surface area contributed by atoms with Gasteiger partial charge >= 0.3 is 0 Å². The van der Waals surface area contributed by atoms with Crippen LogP contribution in [0, 0.1) is 5.92 Å². The van der Waals surface area contributed by atoms with Crippen LogP contribution < -0.4 is 5.56 Å². The Balaban J connectivity index is 2.04. The third-order valence-corrected chi connectivity index (χ3v) is 5.57. The minimum absolute atomic E-state index is 0.0458. The molecule has 5 nitrogen and oxygen atoms in total. The van der Waals surface area contributed by atoms with Gasteiger partial charge in [-0.15, -0.1) is 0 Å². The molecule has 0 spiro atoms. The van der Waals surface area contributed by atoms with Crippen molar-refractivity contribution < 1.29 is 4.79 Å². The topological polar surface area (TPSA) is 55.2 Å². The van der Waals surface area contributed by atoms with Crippen molar-refractivity contribution in [3.63, 3.8) is 0 Å². The van der Waals surface area contributed by atoms with E-state index in [1.807, 2.05) is 29.2 Å². The molecule has 1 aliphatic carbocycles. The molecule has 2 aromatic rings. The summed E-state index contributed by atoms with van der Waals surface area (Å²) in [5.74, 6) is 1.08. The minimum atomic E-state index is -0.156. The molecule has 0 N–H and O–H groups in total. The number of carbonyl (C=O) groups is 1. The Bertz CT molecular complexity index is 839. The molecule has 1 atom stereocenters. The van der Waals surface area contributed by atoms with Crippen LogP contribution in [-0.4, -0.2) is 26.9 Å². The fourth-order valence-electron chi connectivity index (χ4n) is 3.71. The molecule has 1 heterocycles. The average molecular weight is 355 g/mol. The zero-order chi connectivity index (χ0) is 18.7. The monoisotopic (exact) mass is 355 g/mol. The van der Waals surface area contributed by atoms with Gasteiger partial charge in [0.1, 0.15) is 5.82 Å². The van der Waals surface area contributed by atoms with E-state index in [9.17, 15) is 9.59 Å². The van der Waals surface area contributed by atoms with Crippen LogP contribution >= 0.6 is 0 Å². The molecular weight excluding hydrogens is 326 g/mol. The summed E-state index contributed by atoms with van der Waals surface area (Å²) in [6.07, 6.45) is 5.87. The van der Waals surface area contributed by atoms with Gasteiger partial charge in [0, 0.05) is 19.5 Å². The lowest BCUT2D eigenvalue weighted by molar-refractivity contribution is -0.141. The molecule has 1 aromatic heterocycles. The van der Waals surface area contributed by atoms with Crippen LogP contribution in [0.1, 0.15) is 64.2 Å². The first kappa shape index (κ1) is 18.6. The van der Waals surface area contributed by atoms with E-state index in [0.29, 0.717) is 16.7 Å². The number of nitrogens with zero attached hydrogens (tertiary/aromatic N) is 3. The van der Waals surface area contributed by atoms with Gasteiger partial charge in [-0.3, -0.25) is 14.2 Å². The maximum atomic E-state index is 13.1. The van der Waals surface area contributed by atoms with Crippen LogP contribution in [-0.2, 0) is 11.8 Å². The SMILES string of the molecule is CCCCN(C(=O)C1CCC1)C(CC)c1nc2ccccc2c(=O)n1C. The number of carbonyl (C=O) groups excluding carboxylic acids is 1. The smallest absolute Gasteiger partial charge is 0.261 e. The second-order valence-electron chi connectivity index (χ2n) is 7.29. The van der Waals surface area contributed by atoms with Crippen LogP contribution in [0.5, 0.6) is 0 Å². The second-order valence-corrected chi connectivity index (χ2v) is 7.29. The van der Waals surface area contributed by atoms with Crippen LogP contribution in [0.2, 0.25) is 0 Å². The van der Waals surface area contributed by atoms with Crippen LogP contribution in [0.3, 0.4) is 0 Å². The maximum Gasteiger partial charge on any atom is 0.261 e. The molecule has 1 fully saturated rings. The van der Waals surface area contributed by atoms with Gasteiger partial charge in [-0.05, 0) is 37.8 Å². The van der Waals surface area contributed by atoms with Gasteiger partial charge in [-0.25, -0.2) is 4.98 Å². The molecule has 1 aliphatic rings. The molecule has 0 aliphatic heterocycles. The predicted octanol–water partition coefficient (Wildman–Crippen LogP) is 3.81. The van der Waals surface area contributed by atoms with Crippen molar-refractivity contribution in [2.75, 3.05) is 6.54 Å². The number of rotatable bonds is 7. The van der Waals surface area contributed by atoms with Crippen molar-refractivity contribution in [1.82, 2.24) is 14.5 Å². The first-order chi connectivity index (χ1) is 12.6. The predicted molar refractivity (Wildman–Crippen MR) is 104 cm³/mol. The van der Waals surface area contributed by atoms with E-state index in [2.05, 4.69) is 13.8 Å². The van der Waals surface area contributed by atoms with Crippen LogP contribution in [0.4, 0.5) is 0 Å². The minimum Gasteiger partial charge on any atom is -0.332 e. The van der Waals surface area contributed by atoms with Crippen molar-refractivity contribution >= 4 is 16.8 Å². The summed E-state index contributed by atoms with van der Waals surface area (Å²) in [5.41, 5.74) is 0.658. The third-order valence-electron chi connectivity index (χ3n) is 5.57. The average Bonchev–Trinajstić information content (AvgIpc) is 2.60. The molecule has 1 unspecified atom stereocenters. The summed E-state index contributed by atoms with van der Waals surface area (Å²) in [4.78, 5) is 32.7. The number of para-hydroxylation sites is 1. The van der Waals surface area contributed by atoms with E-state index < -0.39 is 0 Å². The number of hydrogen-bond donors (Lipinski definition) is 0. The lowest BCUT2D eigenvalue weighted by Gasteiger charge is -2.37. The lowest BCUT2D eigenvalue weighted by atomic mass is 9.84. The standard InChI is InChI=1S/C21H29N3O2/c1-4-6-14-24(20(25)15-10-9-11-15)18(5-2)19-22-17-13-8-7-12-16(17)21(26)23(19)3/h7-8,12-13,15,18H,4-6,9-11,14H2,1-3H3. The summed E-state index contributed by atoms with van der Waals surface area (Å²) in [6.45, 7) is 4.93. The Morgan fingerprint density at radius 1 is 1.31 bits per heavy atom. The lowest BCUT2D eigenvalue weighted by Crippen LogP contribution is -2.43. The number of aromatic nitrogens is 2. The molecule has 26 heavy (non-hydrogen) atoms. The van der Waals surface area contributed by atoms with Crippen molar-refractivity contribution in [3.05, 3.63) is 40.4 Å². The molecule has 5 heteroatoms. The van der Waals surface area contributed by atoms with Gasteiger partial charge < -0.3 is 4.90 Å². The van der Waals surface area contributed by atoms with Gasteiger partial charge in [-0.2, -0.15) is 0 Å². The fraction of sp³-hybridized carbons (Fsp3) is 0.571. The number of fused-ring (bicyclic) bond motifs is 1. The van der Waals surface area contributed by atoms with Crippen molar-refractivity contribution in [1.29, 1.82) is 0 Å². The third kappa shape index (κ3) is 3.39. The molecule has 140 valence electrons. The summed E-state index contributed by atoms with van der Waals surface area (Å²) in [7, 11) is 1.77. The van der Waals surface area contributed by atoms with Crippen molar-refractivity contribution in [3.8, 4) is 0 Å². The number of hydrogen-bond acceptors (Lipinski definition) is 3. The molecule has 0 bridgehead atoms. The van der Waals surface area contributed by atoms with Gasteiger partial charge in [-0.1, -0.05) is 38.8 Å². The Kier molecular flexibility index (Phi) is 5.74. The van der Waals surface area contributed by atoms with Crippen LogP contribution in [0.15, 0.2) is 29.1 Å². The first-order valence-corrected chi connectivity index (χ1v) is 9.84. The number of unbranched alkanes of at least 4 members (excludes halogenated alkanes) is 1. The molecular formula is C21H29N3O2. The molecule has 1 amide bonds. The highest BCUT2D eigenvalue weighted by Crippen LogP contribution is 2.32. The highest BCUT2D eigenvalue weighted by atomic mass is 16.2. The van der Waals surface area contributed by atoms with Gasteiger partial charge in [0.15, 0.2) is 0 Å². The van der Waals surface area contributed by atoms with E-state index in [4.69, 9.17) is 4.98 Å². The highest BCUT2D eigenvalue weighted by molar-refractivity contribution is 5.80. The molecule has 1 aromatic carbocycles. The Hall–Kier alpha value is -2.17. The molecule has 3 rings (SSSR count). The van der Waals surface area contributed by atoms with E-state index in [0.717, 1.165) is 45.1 Å². The molecule has 1 saturated carbocycles. The normalized spacial score (nSPS) is 15.7. The van der Waals surface area contributed by atoms with Gasteiger partial charge in [0.25, 0.3) is 5.56 Å². The Labute approximate surface area is 155 Å². The molecule has 0 saturated heterocycles. The van der Waals surface area contributed by atoms with Crippen molar-refractivity contribution in [2.24, 2.45) is 13.0 Å². The van der Waals surface area contributed by atoms with Crippen LogP contribution in [0.25, 0.3) is 10.9 Å². The van der Waals surface area contributed by atoms with E-state index >= 15 is 0 Å². The first-order valence-electron chi connectivity index (χ1n) is 9.84. The van der Waals surface area contributed by atoms with Crippen molar-refractivity contribution in [2.45, 2.75) is 58.4 Å². The highest BCUT2D eigenvalue weighted by Gasteiger charge is 2.34.